The topological polar surface area (TPSA) is 70.5 Å². The van der Waals surface area contributed by atoms with Crippen molar-refractivity contribution < 1.29 is 9.59 Å². The monoisotopic (exact) mass is 361 g/mol. The van der Waals surface area contributed by atoms with Gasteiger partial charge < -0.3 is 15.1 Å². The number of nitrogens with zero attached hydrogens (tertiary/aromatic N) is 4. The number of carbonyl (C=O) groups excluding carboxylic acids is 2. The van der Waals surface area contributed by atoms with E-state index in [1.54, 1.807) is 0 Å². The second kappa shape index (κ2) is 8.20. The molecule has 1 N–H and O–H groups in total. The fourth-order valence-electron chi connectivity index (χ4n) is 3.90. The molecule has 7 heteroatoms. The number of piperidine rings is 1. The van der Waals surface area contributed by atoms with Gasteiger partial charge in [-0.2, -0.15) is 5.10 Å². The number of likely N-dealkylation sites (tertiary alicyclic amines) is 1. The first-order valence-electron chi connectivity index (χ1n) is 9.74. The summed E-state index contributed by atoms with van der Waals surface area (Å²) >= 11 is 0. The smallest absolute Gasteiger partial charge is 0.227 e. The zero-order valence-electron chi connectivity index (χ0n) is 16.2. The molecule has 26 heavy (non-hydrogen) atoms. The third-order valence-electron chi connectivity index (χ3n) is 5.19. The van der Waals surface area contributed by atoms with E-state index in [-0.39, 0.29) is 23.8 Å². The Hall–Kier alpha value is -1.89. The third kappa shape index (κ3) is 4.63. The summed E-state index contributed by atoms with van der Waals surface area (Å²) in [5.41, 5.74) is 2.01. The maximum absolute atomic E-state index is 12.8. The van der Waals surface area contributed by atoms with Gasteiger partial charge in [0.1, 0.15) is 0 Å². The van der Waals surface area contributed by atoms with Gasteiger partial charge in [0.2, 0.25) is 11.8 Å². The van der Waals surface area contributed by atoms with E-state index >= 15 is 0 Å². The van der Waals surface area contributed by atoms with Crippen molar-refractivity contribution in [3.8, 4) is 0 Å². The van der Waals surface area contributed by atoms with Crippen LogP contribution in [0.25, 0.3) is 0 Å². The van der Waals surface area contributed by atoms with Crippen molar-refractivity contribution >= 4 is 11.8 Å². The zero-order chi connectivity index (χ0) is 18.7. The van der Waals surface area contributed by atoms with Crippen molar-refractivity contribution in [3.05, 3.63) is 17.5 Å². The van der Waals surface area contributed by atoms with Crippen molar-refractivity contribution in [1.82, 2.24) is 24.9 Å². The van der Waals surface area contributed by atoms with Crippen LogP contribution in [-0.4, -0.2) is 64.1 Å². The van der Waals surface area contributed by atoms with E-state index in [4.69, 9.17) is 0 Å². The summed E-state index contributed by atoms with van der Waals surface area (Å²) in [6.45, 7) is 7.97. The molecule has 0 bridgehead atoms. The molecule has 1 aromatic heterocycles. The standard InChI is InChI=1S/C19H31N5O2/c1-14(2)20-18(25)7-6-16-11-17-13-23(9-10-24(17)21-16)19(26)15-5-4-8-22(3)12-15/h11,14-15H,4-10,12-13H2,1-3H3,(H,20,25). The molecule has 0 spiro atoms. The van der Waals surface area contributed by atoms with E-state index in [0.717, 1.165) is 50.4 Å². The van der Waals surface area contributed by atoms with E-state index < -0.39 is 0 Å². The lowest BCUT2D eigenvalue weighted by Gasteiger charge is -2.34. The molecule has 1 fully saturated rings. The summed E-state index contributed by atoms with van der Waals surface area (Å²) in [6.07, 6.45) is 3.18. The molecule has 2 aliphatic rings. The van der Waals surface area contributed by atoms with Crippen LogP contribution in [0.15, 0.2) is 6.07 Å². The van der Waals surface area contributed by atoms with Crippen molar-refractivity contribution in [2.75, 3.05) is 26.7 Å². The number of hydrogen-bond acceptors (Lipinski definition) is 4. The molecule has 3 rings (SSSR count). The molecule has 1 atom stereocenters. The van der Waals surface area contributed by atoms with Gasteiger partial charge in [0.15, 0.2) is 0 Å². The second-order valence-corrected chi connectivity index (χ2v) is 7.93. The molecule has 1 aromatic rings. The Morgan fingerprint density at radius 1 is 1.31 bits per heavy atom. The number of aryl methyl sites for hydroxylation is 1. The summed E-state index contributed by atoms with van der Waals surface area (Å²) < 4.78 is 1.99. The fourth-order valence-corrected chi connectivity index (χ4v) is 3.90. The molecular weight excluding hydrogens is 330 g/mol. The van der Waals surface area contributed by atoms with Crippen LogP contribution in [0.5, 0.6) is 0 Å². The Kier molecular flexibility index (Phi) is 5.96. The summed E-state index contributed by atoms with van der Waals surface area (Å²) in [6, 6.07) is 2.21. The van der Waals surface area contributed by atoms with E-state index in [1.807, 2.05) is 23.4 Å². The van der Waals surface area contributed by atoms with Gasteiger partial charge in [0.05, 0.1) is 30.4 Å². The minimum atomic E-state index is 0.0594. The quantitative estimate of drug-likeness (QED) is 0.850. The van der Waals surface area contributed by atoms with Crippen LogP contribution in [0, 0.1) is 5.92 Å². The summed E-state index contributed by atoms with van der Waals surface area (Å²) in [7, 11) is 2.09. The zero-order valence-corrected chi connectivity index (χ0v) is 16.2. The largest absolute Gasteiger partial charge is 0.354 e. The van der Waals surface area contributed by atoms with E-state index in [1.165, 1.54) is 0 Å². The highest BCUT2D eigenvalue weighted by atomic mass is 16.2. The molecule has 0 radical (unpaired) electrons. The normalized spacial score (nSPS) is 20.9. The van der Waals surface area contributed by atoms with Crippen LogP contribution in [0.3, 0.4) is 0 Å². The Balaban J connectivity index is 1.56. The van der Waals surface area contributed by atoms with Crippen LogP contribution in [0.1, 0.15) is 44.5 Å². The number of fused-ring (bicyclic) bond motifs is 1. The molecule has 144 valence electrons. The van der Waals surface area contributed by atoms with Crippen LogP contribution >= 0.6 is 0 Å². The van der Waals surface area contributed by atoms with Gasteiger partial charge in [-0.1, -0.05) is 0 Å². The van der Waals surface area contributed by atoms with Crippen LogP contribution in [0.2, 0.25) is 0 Å². The van der Waals surface area contributed by atoms with Crippen LogP contribution < -0.4 is 5.32 Å². The van der Waals surface area contributed by atoms with Gasteiger partial charge in [0.25, 0.3) is 0 Å². The second-order valence-electron chi connectivity index (χ2n) is 7.93. The minimum Gasteiger partial charge on any atom is -0.354 e. The highest BCUT2D eigenvalue weighted by Gasteiger charge is 2.30. The molecular formula is C19H31N5O2. The fraction of sp³-hybridized carbons (Fsp3) is 0.737. The molecule has 0 aromatic carbocycles. The van der Waals surface area contributed by atoms with Gasteiger partial charge >= 0.3 is 0 Å². The Labute approximate surface area is 155 Å². The Morgan fingerprint density at radius 2 is 2.12 bits per heavy atom. The van der Waals surface area contributed by atoms with Gasteiger partial charge in [-0.05, 0) is 46.3 Å². The van der Waals surface area contributed by atoms with Crippen molar-refractivity contribution in [3.63, 3.8) is 0 Å². The molecule has 1 unspecified atom stereocenters. The molecule has 1 saturated heterocycles. The predicted octanol–water partition coefficient (Wildman–Crippen LogP) is 1.02. The number of rotatable bonds is 5. The van der Waals surface area contributed by atoms with Crippen LogP contribution in [0.4, 0.5) is 0 Å². The lowest BCUT2D eigenvalue weighted by molar-refractivity contribution is -0.138. The summed E-state index contributed by atoms with van der Waals surface area (Å²) in [4.78, 5) is 28.9. The number of amides is 2. The number of carbonyl (C=O) groups is 2. The third-order valence-corrected chi connectivity index (χ3v) is 5.19. The van der Waals surface area contributed by atoms with Gasteiger partial charge in [-0.15, -0.1) is 0 Å². The van der Waals surface area contributed by atoms with E-state index in [0.29, 0.717) is 19.4 Å². The first-order chi connectivity index (χ1) is 12.4. The lowest BCUT2D eigenvalue weighted by Crippen LogP contribution is -2.46. The lowest BCUT2D eigenvalue weighted by atomic mass is 9.96. The molecule has 0 aliphatic carbocycles. The average molecular weight is 361 g/mol. The number of aromatic nitrogens is 2. The predicted molar refractivity (Wildman–Crippen MR) is 99.5 cm³/mol. The summed E-state index contributed by atoms with van der Waals surface area (Å²) in [5.74, 6) is 0.466. The summed E-state index contributed by atoms with van der Waals surface area (Å²) in [5, 5.41) is 7.52. The van der Waals surface area contributed by atoms with Crippen LogP contribution in [-0.2, 0) is 29.1 Å². The molecule has 0 saturated carbocycles. The maximum Gasteiger partial charge on any atom is 0.227 e. The molecule has 7 nitrogen and oxygen atoms in total. The molecule has 2 aliphatic heterocycles. The van der Waals surface area contributed by atoms with Gasteiger partial charge in [0, 0.05) is 32.0 Å². The Bertz CT molecular complexity index is 654. The SMILES string of the molecule is CC(C)NC(=O)CCc1cc2n(n1)CCN(C(=O)C1CCCN(C)C1)C2. The highest BCUT2D eigenvalue weighted by molar-refractivity contribution is 5.79. The van der Waals surface area contributed by atoms with Crippen molar-refractivity contribution in [2.24, 2.45) is 5.92 Å². The maximum atomic E-state index is 12.8. The molecule has 2 amide bonds. The first-order valence-corrected chi connectivity index (χ1v) is 9.74. The van der Waals surface area contributed by atoms with E-state index in [9.17, 15) is 9.59 Å². The van der Waals surface area contributed by atoms with Crippen molar-refractivity contribution in [2.45, 2.75) is 58.7 Å². The van der Waals surface area contributed by atoms with Crippen molar-refractivity contribution in [1.29, 1.82) is 0 Å². The Morgan fingerprint density at radius 3 is 2.85 bits per heavy atom. The number of nitrogens with one attached hydrogen (secondary N) is 1. The highest BCUT2D eigenvalue weighted by Crippen LogP contribution is 2.21. The minimum absolute atomic E-state index is 0.0594. The van der Waals surface area contributed by atoms with Gasteiger partial charge in [-0.3, -0.25) is 14.3 Å². The number of hydrogen-bond donors (Lipinski definition) is 1. The van der Waals surface area contributed by atoms with Gasteiger partial charge in [-0.25, -0.2) is 0 Å². The average Bonchev–Trinajstić information content (AvgIpc) is 3.01. The first kappa shape index (κ1) is 18.9. The molecule has 3 heterocycles. The van der Waals surface area contributed by atoms with E-state index in [2.05, 4.69) is 28.4 Å².